The van der Waals surface area contributed by atoms with Crippen LogP contribution in [0.4, 0.5) is 0 Å². The number of nitrogens with zero attached hydrogens (tertiary/aromatic N) is 1. The zero-order valence-electron chi connectivity index (χ0n) is 10.9. The van der Waals surface area contributed by atoms with Crippen LogP contribution in [-0.4, -0.2) is 28.7 Å². The van der Waals surface area contributed by atoms with Crippen LogP contribution in [0.2, 0.25) is 0 Å². The van der Waals surface area contributed by atoms with E-state index < -0.39 is 0 Å². The Hall–Kier alpha value is -0.870. The van der Waals surface area contributed by atoms with Crippen LogP contribution < -0.4 is 5.32 Å². The summed E-state index contributed by atoms with van der Waals surface area (Å²) in [5.74, 6) is 0.986. The van der Waals surface area contributed by atoms with Crippen molar-refractivity contribution in [3.05, 3.63) is 17.7 Å². The maximum absolute atomic E-state index is 5.20. The molecule has 1 unspecified atom stereocenters. The first-order chi connectivity index (χ1) is 7.40. The first kappa shape index (κ1) is 13.2. The molecule has 1 atom stereocenters. The Balaban J connectivity index is 2.45. The van der Waals surface area contributed by atoms with E-state index in [4.69, 9.17) is 4.74 Å². The predicted molar refractivity (Wildman–Crippen MR) is 65.4 cm³/mol. The smallest absolute Gasteiger partial charge is 0.108 e. The number of H-pyrrole nitrogens is 1. The average molecular weight is 225 g/mol. The van der Waals surface area contributed by atoms with Gasteiger partial charge in [-0.1, -0.05) is 0 Å². The van der Waals surface area contributed by atoms with Crippen molar-refractivity contribution in [2.24, 2.45) is 0 Å². The van der Waals surface area contributed by atoms with Gasteiger partial charge in [-0.15, -0.1) is 0 Å². The summed E-state index contributed by atoms with van der Waals surface area (Å²) in [6.45, 7) is 9.30. The van der Waals surface area contributed by atoms with Crippen LogP contribution >= 0.6 is 0 Å². The topological polar surface area (TPSA) is 49.9 Å². The van der Waals surface area contributed by atoms with Gasteiger partial charge in [0, 0.05) is 37.5 Å². The van der Waals surface area contributed by atoms with Crippen molar-refractivity contribution in [1.82, 2.24) is 15.3 Å². The first-order valence-electron chi connectivity index (χ1n) is 5.71. The highest BCUT2D eigenvalue weighted by Crippen LogP contribution is 2.05. The van der Waals surface area contributed by atoms with Crippen LogP contribution in [0.3, 0.4) is 0 Å². The first-order valence-corrected chi connectivity index (χ1v) is 5.71. The molecule has 92 valence electrons. The standard InChI is InChI=1S/C12H23N3O/c1-9(16-5)6-11-13-7-10(15-11)8-14-12(2,3)4/h7,9,14H,6,8H2,1-5H3,(H,13,15). The van der Waals surface area contributed by atoms with Crippen molar-refractivity contribution in [1.29, 1.82) is 0 Å². The molecule has 1 aromatic heterocycles. The number of imidazole rings is 1. The van der Waals surface area contributed by atoms with Gasteiger partial charge in [0.05, 0.1) is 6.10 Å². The molecule has 1 rings (SSSR count). The van der Waals surface area contributed by atoms with E-state index in [1.54, 1.807) is 7.11 Å². The van der Waals surface area contributed by atoms with Gasteiger partial charge in [0.2, 0.25) is 0 Å². The Kier molecular flexibility index (Phi) is 4.50. The fraction of sp³-hybridized carbons (Fsp3) is 0.750. The predicted octanol–water partition coefficient (Wildman–Crippen LogP) is 1.88. The average Bonchev–Trinajstić information content (AvgIpc) is 2.61. The van der Waals surface area contributed by atoms with Crippen LogP contribution in [-0.2, 0) is 17.7 Å². The van der Waals surface area contributed by atoms with E-state index >= 15 is 0 Å². The second-order valence-electron chi connectivity index (χ2n) is 5.21. The minimum Gasteiger partial charge on any atom is -0.381 e. The molecule has 0 saturated carbocycles. The van der Waals surface area contributed by atoms with E-state index in [9.17, 15) is 0 Å². The van der Waals surface area contributed by atoms with Gasteiger partial charge in [0.15, 0.2) is 0 Å². The fourth-order valence-corrected chi connectivity index (χ4v) is 1.32. The van der Waals surface area contributed by atoms with Gasteiger partial charge in [-0.25, -0.2) is 4.98 Å². The third kappa shape index (κ3) is 4.77. The van der Waals surface area contributed by atoms with Gasteiger partial charge < -0.3 is 15.0 Å². The van der Waals surface area contributed by atoms with Gasteiger partial charge in [0.1, 0.15) is 5.82 Å². The molecule has 1 aromatic rings. The third-order valence-electron chi connectivity index (χ3n) is 2.37. The minimum absolute atomic E-state index is 0.130. The van der Waals surface area contributed by atoms with Gasteiger partial charge in [-0.2, -0.15) is 0 Å². The summed E-state index contributed by atoms with van der Waals surface area (Å²) in [5.41, 5.74) is 1.25. The lowest BCUT2D eigenvalue weighted by atomic mass is 10.1. The maximum Gasteiger partial charge on any atom is 0.108 e. The van der Waals surface area contributed by atoms with Crippen molar-refractivity contribution in [3.8, 4) is 0 Å². The summed E-state index contributed by atoms with van der Waals surface area (Å²) >= 11 is 0. The lowest BCUT2D eigenvalue weighted by Gasteiger charge is -2.19. The summed E-state index contributed by atoms with van der Waals surface area (Å²) in [6, 6.07) is 0. The molecule has 0 spiro atoms. The molecular weight excluding hydrogens is 202 g/mol. The second-order valence-corrected chi connectivity index (χ2v) is 5.21. The highest BCUT2D eigenvalue weighted by Gasteiger charge is 2.10. The van der Waals surface area contributed by atoms with Crippen molar-refractivity contribution in [2.45, 2.75) is 52.3 Å². The molecule has 16 heavy (non-hydrogen) atoms. The number of hydrogen-bond acceptors (Lipinski definition) is 3. The molecule has 0 radical (unpaired) electrons. The second kappa shape index (κ2) is 5.46. The van der Waals surface area contributed by atoms with E-state index in [-0.39, 0.29) is 11.6 Å². The maximum atomic E-state index is 5.20. The third-order valence-corrected chi connectivity index (χ3v) is 2.37. The van der Waals surface area contributed by atoms with Gasteiger partial charge in [-0.05, 0) is 27.7 Å². The Bertz CT molecular complexity index is 314. The minimum atomic E-state index is 0.130. The summed E-state index contributed by atoms with van der Waals surface area (Å²) in [6.07, 6.45) is 2.91. The molecule has 0 aliphatic carbocycles. The molecule has 0 saturated heterocycles. The number of rotatable bonds is 5. The molecule has 1 heterocycles. The number of aromatic amines is 1. The van der Waals surface area contributed by atoms with Gasteiger partial charge >= 0.3 is 0 Å². The summed E-state index contributed by atoms with van der Waals surface area (Å²) < 4.78 is 5.20. The number of hydrogen-bond donors (Lipinski definition) is 2. The molecule has 0 aromatic carbocycles. The quantitative estimate of drug-likeness (QED) is 0.804. The molecule has 0 bridgehead atoms. The van der Waals surface area contributed by atoms with E-state index in [1.807, 2.05) is 13.1 Å². The summed E-state index contributed by atoms with van der Waals surface area (Å²) in [5, 5.41) is 3.42. The van der Waals surface area contributed by atoms with E-state index in [1.165, 1.54) is 0 Å². The van der Waals surface area contributed by atoms with Crippen molar-refractivity contribution in [3.63, 3.8) is 0 Å². The highest BCUT2D eigenvalue weighted by atomic mass is 16.5. The highest BCUT2D eigenvalue weighted by molar-refractivity contribution is 5.02. The molecule has 0 aliphatic heterocycles. The zero-order valence-corrected chi connectivity index (χ0v) is 10.9. The molecule has 4 heteroatoms. The van der Waals surface area contributed by atoms with E-state index in [0.717, 1.165) is 24.5 Å². The van der Waals surface area contributed by atoms with Crippen LogP contribution in [0.1, 0.15) is 39.2 Å². The molecule has 0 aliphatic rings. The van der Waals surface area contributed by atoms with Gasteiger partial charge in [-0.3, -0.25) is 0 Å². The number of methoxy groups -OCH3 is 1. The zero-order chi connectivity index (χ0) is 12.2. The normalized spacial score (nSPS) is 14.1. The largest absolute Gasteiger partial charge is 0.381 e. The molecule has 4 nitrogen and oxygen atoms in total. The lowest BCUT2D eigenvalue weighted by molar-refractivity contribution is 0.117. The number of nitrogens with one attached hydrogen (secondary N) is 2. The summed E-state index contributed by atoms with van der Waals surface area (Å²) in [7, 11) is 1.72. The lowest BCUT2D eigenvalue weighted by Crippen LogP contribution is -2.35. The van der Waals surface area contributed by atoms with E-state index in [2.05, 4.69) is 36.1 Å². The van der Waals surface area contributed by atoms with Crippen molar-refractivity contribution >= 4 is 0 Å². The Labute approximate surface area is 97.8 Å². The van der Waals surface area contributed by atoms with Crippen LogP contribution in [0.15, 0.2) is 6.20 Å². The van der Waals surface area contributed by atoms with E-state index in [0.29, 0.717) is 0 Å². The van der Waals surface area contributed by atoms with Crippen LogP contribution in [0, 0.1) is 0 Å². The summed E-state index contributed by atoms with van der Waals surface area (Å²) in [4.78, 5) is 7.63. The van der Waals surface area contributed by atoms with Crippen LogP contribution in [0.5, 0.6) is 0 Å². The molecule has 0 amide bonds. The van der Waals surface area contributed by atoms with Crippen LogP contribution in [0.25, 0.3) is 0 Å². The molecule has 2 N–H and O–H groups in total. The Morgan fingerprint density at radius 1 is 1.50 bits per heavy atom. The van der Waals surface area contributed by atoms with Crippen molar-refractivity contribution < 1.29 is 4.74 Å². The Morgan fingerprint density at radius 3 is 2.75 bits per heavy atom. The van der Waals surface area contributed by atoms with Crippen molar-refractivity contribution in [2.75, 3.05) is 7.11 Å². The Morgan fingerprint density at radius 2 is 2.19 bits per heavy atom. The molecular formula is C12H23N3O. The number of aromatic nitrogens is 2. The van der Waals surface area contributed by atoms with Gasteiger partial charge in [0.25, 0.3) is 0 Å². The molecule has 0 fully saturated rings. The monoisotopic (exact) mass is 225 g/mol. The fourth-order valence-electron chi connectivity index (χ4n) is 1.32. The number of ether oxygens (including phenoxy) is 1. The SMILES string of the molecule is COC(C)Cc1ncc(CNC(C)(C)C)[nH]1.